The van der Waals surface area contributed by atoms with Crippen LogP contribution in [0.1, 0.15) is 5.56 Å². The molecule has 2 nitrogen and oxygen atoms in total. The zero-order valence-electron chi connectivity index (χ0n) is 6.68. The van der Waals surface area contributed by atoms with Gasteiger partial charge in [0.2, 0.25) is 0 Å². The fraction of sp³-hybridized carbons (Fsp3) is 0.125. The van der Waals surface area contributed by atoms with E-state index in [1.54, 1.807) is 0 Å². The minimum Gasteiger partial charge on any atom is -0.277 e. The topological polar surface area (TPSA) is 32.9 Å². The van der Waals surface area contributed by atoms with Crippen LogP contribution in [0.25, 0.3) is 10.1 Å². The maximum absolute atomic E-state index is 12.4. The second kappa shape index (κ2) is 2.84. The van der Waals surface area contributed by atoms with Gasteiger partial charge in [-0.3, -0.25) is 9.17 Å². The summed E-state index contributed by atoms with van der Waals surface area (Å²) in [6.45, 7) is 0. The van der Waals surface area contributed by atoms with Crippen LogP contribution in [-0.2, 0) is 6.18 Å². The third kappa shape index (κ3) is 1.31. The Kier molecular flexibility index (Phi) is 1.88. The first-order valence-corrected chi connectivity index (χ1v) is 4.49. The molecule has 2 aromatic rings. The highest BCUT2D eigenvalue weighted by Gasteiger charge is 2.33. The number of rotatable bonds is 0. The molecule has 6 heteroatoms. The van der Waals surface area contributed by atoms with E-state index >= 15 is 0 Å². The predicted octanol–water partition coefficient (Wildman–Crippen LogP) is 2.61. The molecule has 14 heavy (non-hydrogen) atoms. The van der Waals surface area contributed by atoms with Gasteiger partial charge in [0.25, 0.3) is 5.56 Å². The second-order valence-electron chi connectivity index (χ2n) is 2.71. The Labute approximate surface area is 80.1 Å². The van der Waals surface area contributed by atoms with Crippen molar-refractivity contribution in [2.24, 2.45) is 0 Å². The summed E-state index contributed by atoms with van der Waals surface area (Å²) in [5.41, 5.74) is -1.56. The fourth-order valence-electron chi connectivity index (χ4n) is 1.24. The van der Waals surface area contributed by atoms with Crippen LogP contribution in [0, 0.1) is 0 Å². The predicted molar refractivity (Wildman–Crippen MR) is 47.4 cm³/mol. The Morgan fingerprint density at radius 2 is 2.00 bits per heavy atom. The van der Waals surface area contributed by atoms with E-state index < -0.39 is 17.3 Å². The van der Waals surface area contributed by atoms with Gasteiger partial charge in [0, 0.05) is 0 Å². The Balaban J connectivity index is 2.89. The SMILES string of the molecule is O=c1[nH]sc2cccc(C(F)(F)F)c12. The molecule has 0 aliphatic rings. The Hall–Kier alpha value is -1.30. The summed E-state index contributed by atoms with van der Waals surface area (Å²) in [4.78, 5) is 11.1. The van der Waals surface area contributed by atoms with Crippen LogP contribution in [0.15, 0.2) is 23.0 Å². The highest BCUT2D eigenvalue weighted by Crippen LogP contribution is 2.33. The van der Waals surface area contributed by atoms with Crippen molar-refractivity contribution in [2.45, 2.75) is 6.18 Å². The molecular formula is C8H4F3NOS. The number of hydrogen-bond acceptors (Lipinski definition) is 2. The van der Waals surface area contributed by atoms with E-state index in [1.165, 1.54) is 12.1 Å². The van der Waals surface area contributed by atoms with Crippen molar-refractivity contribution in [3.05, 3.63) is 34.1 Å². The third-order valence-corrected chi connectivity index (χ3v) is 2.66. The number of hydrogen-bond donors (Lipinski definition) is 1. The zero-order valence-corrected chi connectivity index (χ0v) is 7.50. The lowest BCUT2D eigenvalue weighted by molar-refractivity contribution is -0.136. The Morgan fingerprint density at radius 3 is 2.64 bits per heavy atom. The lowest BCUT2D eigenvalue weighted by Gasteiger charge is -2.05. The number of fused-ring (bicyclic) bond motifs is 1. The van der Waals surface area contributed by atoms with Gasteiger partial charge in [0.1, 0.15) is 0 Å². The number of benzene rings is 1. The summed E-state index contributed by atoms with van der Waals surface area (Å²) < 4.78 is 39.9. The molecule has 1 N–H and O–H groups in total. The van der Waals surface area contributed by atoms with Gasteiger partial charge < -0.3 is 0 Å². The smallest absolute Gasteiger partial charge is 0.277 e. The third-order valence-electron chi connectivity index (χ3n) is 1.81. The van der Waals surface area contributed by atoms with Gasteiger partial charge in [0.15, 0.2) is 0 Å². The van der Waals surface area contributed by atoms with Crippen LogP contribution in [0.3, 0.4) is 0 Å². The largest absolute Gasteiger partial charge is 0.417 e. The van der Waals surface area contributed by atoms with Crippen molar-refractivity contribution in [3.63, 3.8) is 0 Å². The molecule has 0 atom stereocenters. The number of aromatic amines is 1. The van der Waals surface area contributed by atoms with E-state index in [2.05, 4.69) is 4.37 Å². The van der Waals surface area contributed by atoms with E-state index in [1.807, 2.05) is 0 Å². The minimum absolute atomic E-state index is 0.273. The first-order chi connectivity index (χ1) is 6.50. The summed E-state index contributed by atoms with van der Waals surface area (Å²) >= 11 is 0.907. The first-order valence-electron chi connectivity index (χ1n) is 3.67. The molecule has 74 valence electrons. The first kappa shape index (κ1) is 9.26. The molecular weight excluding hydrogens is 215 g/mol. The van der Waals surface area contributed by atoms with Gasteiger partial charge in [0.05, 0.1) is 15.6 Å². The summed E-state index contributed by atoms with van der Waals surface area (Å²) in [7, 11) is 0. The van der Waals surface area contributed by atoms with Crippen LogP contribution in [-0.4, -0.2) is 4.37 Å². The van der Waals surface area contributed by atoms with E-state index in [-0.39, 0.29) is 5.39 Å². The molecule has 0 amide bonds. The van der Waals surface area contributed by atoms with Crippen LogP contribution in [0.4, 0.5) is 13.2 Å². The Morgan fingerprint density at radius 1 is 1.29 bits per heavy atom. The van der Waals surface area contributed by atoms with Crippen LogP contribution in [0.2, 0.25) is 0 Å². The van der Waals surface area contributed by atoms with Crippen LogP contribution < -0.4 is 5.56 Å². The van der Waals surface area contributed by atoms with Crippen molar-refractivity contribution in [1.29, 1.82) is 0 Å². The maximum atomic E-state index is 12.4. The summed E-state index contributed by atoms with van der Waals surface area (Å²) in [6.07, 6.45) is -4.48. The zero-order chi connectivity index (χ0) is 10.3. The lowest BCUT2D eigenvalue weighted by atomic mass is 10.1. The standard InChI is InChI=1S/C8H4F3NOS/c9-8(10,11)4-2-1-3-5-6(4)7(13)12-14-5/h1-3H,(H,12,13). The highest BCUT2D eigenvalue weighted by atomic mass is 32.1. The maximum Gasteiger partial charge on any atom is 0.417 e. The highest BCUT2D eigenvalue weighted by molar-refractivity contribution is 7.13. The number of halogens is 3. The monoisotopic (exact) mass is 219 g/mol. The van der Waals surface area contributed by atoms with Gasteiger partial charge in [-0.1, -0.05) is 17.6 Å². The molecule has 0 spiro atoms. The van der Waals surface area contributed by atoms with E-state index in [0.29, 0.717) is 4.70 Å². The number of nitrogens with one attached hydrogen (secondary N) is 1. The van der Waals surface area contributed by atoms with Gasteiger partial charge in [-0.2, -0.15) is 13.2 Å². The van der Waals surface area contributed by atoms with Crippen molar-refractivity contribution in [2.75, 3.05) is 0 Å². The van der Waals surface area contributed by atoms with E-state index in [0.717, 1.165) is 17.6 Å². The lowest BCUT2D eigenvalue weighted by Crippen LogP contribution is -2.10. The number of aromatic nitrogens is 1. The van der Waals surface area contributed by atoms with Crippen molar-refractivity contribution in [3.8, 4) is 0 Å². The minimum atomic E-state index is -4.48. The van der Waals surface area contributed by atoms with Crippen molar-refractivity contribution >= 4 is 21.6 Å². The van der Waals surface area contributed by atoms with Crippen LogP contribution >= 0.6 is 11.5 Å². The molecule has 1 aromatic heterocycles. The molecule has 0 aliphatic carbocycles. The molecule has 0 aliphatic heterocycles. The second-order valence-corrected chi connectivity index (χ2v) is 3.56. The van der Waals surface area contributed by atoms with E-state index in [4.69, 9.17) is 0 Å². The summed E-state index contributed by atoms with van der Waals surface area (Å²) in [5.74, 6) is 0. The quantitative estimate of drug-likeness (QED) is 0.725. The molecule has 1 heterocycles. The van der Waals surface area contributed by atoms with Gasteiger partial charge >= 0.3 is 6.18 Å². The molecule has 0 unspecified atom stereocenters. The van der Waals surface area contributed by atoms with Gasteiger partial charge in [-0.15, -0.1) is 0 Å². The molecule has 0 saturated carbocycles. The molecule has 0 radical (unpaired) electrons. The molecule has 0 saturated heterocycles. The molecule has 2 rings (SSSR count). The van der Waals surface area contributed by atoms with Crippen LogP contribution in [0.5, 0.6) is 0 Å². The molecule has 0 bridgehead atoms. The average molecular weight is 219 g/mol. The summed E-state index contributed by atoms with van der Waals surface area (Å²) in [5, 5.41) is -0.273. The molecule has 0 fully saturated rings. The van der Waals surface area contributed by atoms with Crippen molar-refractivity contribution < 1.29 is 13.2 Å². The van der Waals surface area contributed by atoms with E-state index in [9.17, 15) is 18.0 Å². The normalized spacial score (nSPS) is 12.2. The van der Waals surface area contributed by atoms with Gasteiger partial charge in [-0.05, 0) is 12.1 Å². The number of H-pyrrole nitrogens is 1. The van der Waals surface area contributed by atoms with Gasteiger partial charge in [-0.25, -0.2) is 0 Å². The fourth-order valence-corrected chi connectivity index (χ4v) is 2.00. The average Bonchev–Trinajstić information content (AvgIpc) is 2.46. The summed E-state index contributed by atoms with van der Waals surface area (Å²) in [6, 6.07) is 3.67. The number of alkyl halides is 3. The molecule has 1 aromatic carbocycles. The van der Waals surface area contributed by atoms with Crippen molar-refractivity contribution in [1.82, 2.24) is 4.37 Å². The Bertz CT molecular complexity index is 525.